The smallest absolute Gasteiger partial charge is 0.161 e. The Balaban J connectivity index is 1.81. The van der Waals surface area contributed by atoms with Gasteiger partial charge in [0.25, 0.3) is 0 Å². The Morgan fingerprint density at radius 3 is 2.78 bits per heavy atom. The molecule has 1 aliphatic carbocycles. The lowest BCUT2D eigenvalue weighted by Gasteiger charge is -2.15. The first-order chi connectivity index (χ1) is 10.8. The van der Waals surface area contributed by atoms with E-state index in [-0.39, 0.29) is 5.76 Å². The van der Waals surface area contributed by atoms with E-state index < -0.39 is 8.07 Å². The van der Waals surface area contributed by atoms with Gasteiger partial charge in [-0.3, -0.25) is 0 Å². The molecule has 0 spiro atoms. The number of hydrogen-bond donors (Lipinski definition) is 1. The second kappa shape index (κ2) is 6.09. The van der Waals surface area contributed by atoms with Crippen molar-refractivity contribution in [3.05, 3.63) is 30.2 Å². The van der Waals surface area contributed by atoms with Crippen LogP contribution in [0.1, 0.15) is 30.0 Å². The van der Waals surface area contributed by atoms with Gasteiger partial charge in [-0.2, -0.15) is 0 Å². The van der Waals surface area contributed by atoms with Crippen molar-refractivity contribution < 1.29 is 9.84 Å². The first-order valence-corrected chi connectivity index (χ1v) is 11.9. The molecule has 1 fully saturated rings. The van der Waals surface area contributed by atoms with Crippen molar-refractivity contribution in [3.8, 4) is 0 Å². The second-order valence-corrected chi connectivity index (χ2v) is 13.2. The van der Waals surface area contributed by atoms with Crippen LogP contribution >= 0.6 is 0 Å². The van der Waals surface area contributed by atoms with Gasteiger partial charge in [0.2, 0.25) is 0 Å². The van der Waals surface area contributed by atoms with Gasteiger partial charge in [0, 0.05) is 26.8 Å². The monoisotopic (exact) mass is 331 g/mol. The topological polar surface area (TPSA) is 60.2 Å². The largest absolute Gasteiger partial charge is 0.508 e. The number of aliphatic hydroxyl groups excluding tert-OH is 1. The molecular formula is C17H25N3O2Si. The highest BCUT2D eigenvalue weighted by Gasteiger charge is 2.26. The molecule has 0 bridgehead atoms. The SMILES string of the molecule is C=C(O)c1cn(COCC[Si](C)(C)C)c2ncc(C3CC3)nc12. The summed E-state index contributed by atoms with van der Waals surface area (Å²) in [5, 5.41) is 9.85. The summed E-state index contributed by atoms with van der Waals surface area (Å²) in [6, 6.07) is 1.13. The molecule has 0 amide bonds. The van der Waals surface area contributed by atoms with Gasteiger partial charge in [-0.1, -0.05) is 26.2 Å². The van der Waals surface area contributed by atoms with Gasteiger partial charge in [0.05, 0.1) is 17.5 Å². The highest BCUT2D eigenvalue weighted by atomic mass is 28.3. The van der Waals surface area contributed by atoms with Crippen molar-refractivity contribution >= 4 is 25.0 Å². The molecule has 5 nitrogen and oxygen atoms in total. The lowest BCUT2D eigenvalue weighted by atomic mass is 10.2. The van der Waals surface area contributed by atoms with E-state index in [1.165, 1.54) is 12.8 Å². The van der Waals surface area contributed by atoms with E-state index in [0.717, 1.165) is 29.5 Å². The number of nitrogens with zero attached hydrogens (tertiary/aromatic N) is 3. The molecule has 1 aliphatic rings. The average molecular weight is 331 g/mol. The summed E-state index contributed by atoms with van der Waals surface area (Å²) in [4.78, 5) is 9.24. The minimum absolute atomic E-state index is 0.0260. The molecule has 6 heteroatoms. The summed E-state index contributed by atoms with van der Waals surface area (Å²) in [6.07, 6.45) is 6.03. The molecule has 0 unspecified atom stereocenters. The number of ether oxygens (including phenoxy) is 1. The van der Waals surface area contributed by atoms with Crippen molar-refractivity contribution in [3.63, 3.8) is 0 Å². The van der Waals surface area contributed by atoms with E-state index in [4.69, 9.17) is 9.72 Å². The molecule has 0 radical (unpaired) electrons. The van der Waals surface area contributed by atoms with Crippen LogP contribution in [0.15, 0.2) is 19.0 Å². The van der Waals surface area contributed by atoms with Crippen molar-refractivity contribution in [2.24, 2.45) is 0 Å². The Hall–Kier alpha value is -1.66. The van der Waals surface area contributed by atoms with E-state index in [9.17, 15) is 5.11 Å². The van der Waals surface area contributed by atoms with Crippen molar-refractivity contribution in [1.82, 2.24) is 14.5 Å². The zero-order valence-corrected chi connectivity index (χ0v) is 15.2. The number of fused-ring (bicyclic) bond motifs is 1. The Morgan fingerprint density at radius 1 is 1.43 bits per heavy atom. The Kier molecular flexibility index (Phi) is 4.29. The third-order valence-electron chi connectivity index (χ3n) is 4.12. The summed E-state index contributed by atoms with van der Waals surface area (Å²) in [7, 11) is -1.09. The van der Waals surface area contributed by atoms with Crippen LogP contribution < -0.4 is 0 Å². The number of hydrogen-bond acceptors (Lipinski definition) is 4. The second-order valence-electron chi connectivity index (χ2n) is 7.55. The van der Waals surface area contributed by atoms with Gasteiger partial charge < -0.3 is 14.4 Å². The maximum absolute atomic E-state index is 9.85. The molecule has 2 heterocycles. The highest BCUT2D eigenvalue weighted by Crippen LogP contribution is 2.39. The molecule has 3 rings (SSSR count). The fraction of sp³-hybridized carbons (Fsp3) is 0.529. The minimum atomic E-state index is -1.09. The predicted molar refractivity (Wildman–Crippen MR) is 95.3 cm³/mol. The first-order valence-electron chi connectivity index (χ1n) is 8.17. The van der Waals surface area contributed by atoms with E-state index >= 15 is 0 Å². The molecule has 0 aliphatic heterocycles. The standard InChI is InChI=1S/C17H25N3O2Si/c1-12(21)14-10-20(11-22-7-8-23(2,3)4)17-16(14)19-15(9-18-17)13-5-6-13/h9-10,13,21H,1,5-8,11H2,2-4H3. The third kappa shape index (κ3) is 3.82. The maximum atomic E-state index is 9.85. The van der Waals surface area contributed by atoms with Crippen LogP contribution in [0, 0.1) is 0 Å². The molecule has 1 saturated carbocycles. The molecule has 23 heavy (non-hydrogen) atoms. The van der Waals surface area contributed by atoms with Gasteiger partial charge in [0.15, 0.2) is 5.65 Å². The molecule has 0 aromatic carbocycles. The first kappa shape index (κ1) is 16.2. The highest BCUT2D eigenvalue weighted by molar-refractivity contribution is 6.76. The third-order valence-corrected chi connectivity index (χ3v) is 5.82. The predicted octanol–water partition coefficient (Wildman–Crippen LogP) is 4.15. The van der Waals surface area contributed by atoms with Gasteiger partial charge in [-0.25, -0.2) is 9.97 Å². The summed E-state index contributed by atoms with van der Waals surface area (Å²) in [6.45, 7) is 11.8. The molecule has 2 aromatic heterocycles. The van der Waals surface area contributed by atoms with Gasteiger partial charge in [-0.15, -0.1) is 0 Å². The Morgan fingerprint density at radius 2 is 2.17 bits per heavy atom. The molecule has 124 valence electrons. The molecule has 0 saturated heterocycles. The van der Waals surface area contributed by atoms with Crippen molar-refractivity contribution in [1.29, 1.82) is 0 Å². The number of aliphatic hydroxyl groups is 1. The van der Waals surface area contributed by atoms with Gasteiger partial charge in [0.1, 0.15) is 18.0 Å². The Bertz CT molecular complexity index is 729. The quantitative estimate of drug-likeness (QED) is 0.470. The van der Waals surface area contributed by atoms with Crippen LogP contribution in [0.5, 0.6) is 0 Å². The van der Waals surface area contributed by atoms with Crippen molar-refractivity contribution in [2.45, 2.75) is 51.2 Å². The average Bonchev–Trinajstić information content (AvgIpc) is 3.24. The normalized spacial score (nSPS) is 15.3. The number of aromatic nitrogens is 3. The fourth-order valence-electron chi connectivity index (χ4n) is 2.49. The zero-order valence-electron chi connectivity index (χ0n) is 14.2. The van der Waals surface area contributed by atoms with Gasteiger partial charge in [-0.05, 0) is 18.9 Å². The molecule has 0 atom stereocenters. The number of rotatable bonds is 7. The van der Waals surface area contributed by atoms with E-state index in [1.54, 1.807) is 0 Å². The summed E-state index contributed by atoms with van der Waals surface area (Å²) in [5.74, 6) is 0.557. The summed E-state index contributed by atoms with van der Waals surface area (Å²) >= 11 is 0. The van der Waals surface area contributed by atoms with Gasteiger partial charge >= 0.3 is 0 Å². The molecule has 1 N–H and O–H groups in total. The van der Waals surface area contributed by atoms with Crippen LogP contribution in [-0.4, -0.2) is 34.3 Å². The lowest BCUT2D eigenvalue weighted by molar-refractivity contribution is 0.0898. The van der Waals surface area contributed by atoms with Crippen LogP contribution in [0.3, 0.4) is 0 Å². The molecular weight excluding hydrogens is 306 g/mol. The van der Waals surface area contributed by atoms with Crippen LogP contribution in [0.25, 0.3) is 16.9 Å². The zero-order chi connectivity index (χ0) is 16.6. The minimum Gasteiger partial charge on any atom is -0.508 e. The molecule has 2 aromatic rings. The fourth-order valence-corrected chi connectivity index (χ4v) is 3.25. The maximum Gasteiger partial charge on any atom is 0.161 e. The Labute approximate surface area is 138 Å². The van der Waals surface area contributed by atoms with Crippen LogP contribution in [0.2, 0.25) is 25.7 Å². The van der Waals surface area contributed by atoms with Crippen molar-refractivity contribution in [2.75, 3.05) is 6.61 Å². The van der Waals surface area contributed by atoms with E-state index in [0.29, 0.717) is 18.2 Å². The van der Waals surface area contributed by atoms with Crippen LogP contribution in [-0.2, 0) is 11.5 Å². The summed E-state index contributed by atoms with van der Waals surface area (Å²) in [5.41, 5.74) is 3.12. The van der Waals surface area contributed by atoms with E-state index in [1.807, 2.05) is 17.0 Å². The summed E-state index contributed by atoms with van der Waals surface area (Å²) < 4.78 is 7.71. The van der Waals surface area contributed by atoms with Crippen LogP contribution in [0.4, 0.5) is 0 Å². The van der Waals surface area contributed by atoms with E-state index in [2.05, 4.69) is 31.2 Å². The lowest BCUT2D eigenvalue weighted by Crippen LogP contribution is -2.22.